The van der Waals surface area contributed by atoms with E-state index in [0.717, 1.165) is 11.1 Å². The van der Waals surface area contributed by atoms with Crippen molar-refractivity contribution in [1.29, 1.82) is 0 Å². The lowest BCUT2D eigenvalue weighted by Crippen LogP contribution is -2.45. The van der Waals surface area contributed by atoms with Gasteiger partial charge in [-0.2, -0.15) is 0 Å². The first-order chi connectivity index (χ1) is 14.9. The van der Waals surface area contributed by atoms with Crippen LogP contribution in [0.4, 0.5) is 0 Å². The largest absolute Gasteiger partial charge is 0.459 e. The second-order valence-corrected chi connectivity index (χ2v) is 7.66. The van der Waals surface area contributed by atoms with Gasteiger partial charge in [-0.1, -0.05) is 74.5 Å². The first kappa shape index (κ1) is 22.2. The van der Waals surface area contributed by atoms with Crippen molar-refractivity contribution in [2.75, 3.05) is 0 Å². The number of hydrogen-bond acceptors (Lipinski definition) is 6. The number of carbonyl (C=O) groups excluding carboxylic acids is 2. The van der Waals surface area contributed by atoms with E-state index >= 15 is 0 Å². The summed E-state index contributed by atoms with van der Waals surface area (Å²) in [4.78, 5) is 29.4. The van der Waals surface area contributed by atoms with E-state index in [-0.39, 0.29) is 24.1 Å². The molecule has 0 bridgehead atoms. The predicted octanol–water partition coefficient (Wildman–Crippen LogP) is 3.41. The molecular weight excluding hydrogens is 394 g/mol. The summed E-state index contributed by atoms with van der Waals surface area (Å²) >= 11 is 0. The highest BCUT2D eigenvalue weighted by atomic mass is 16.5. The fourth-order valence-electron chi connectivity index (χ4n) is 3.05. The Labute approximate surface area is 181 Å². The van der Waals surface area contributed by atoms with Gasteiger partial charge >= 0.3 is 5.97 Å². The predicted molar refractivity (Wildman–Crippen MR) is 116 cm³/mol. The Kier molecular flexibility index (Phi) is 7.56. The number of nitrogens with two attached hydrogens (primary N) is 1. The third-order valence-corrected chi connectivity index (χ3v) is 4.80. The van der Waals surface area contributed by atoms with Crippen LogP contribution in [0.5, 0.6) is 0 Å². The molecule has 1 aromatic heterocycles. The van der Waals surface area contributed by atoms with Crippen LogP contribution in [0.1, 0.15) is 47.4 Å². The van der Waals surface area contributed by atoms with E-state index < -0.39 is 24.0 Å². The number of carbonyl (C=O) groups is 2. The van der Waals surface area contributed by atoms with Crippen molar-refractivity contribution in [2.24, 2.45) is 11.7 Å². The van der Waals surface area contributed by atoms with Gasteiger partial charge in [0.15, 0.2) is 5.69 Å². The Balaban J connectivity index is 1.59. The average Bonchev–Trinajstić information content (AvgIpc) is 3.27. The quantitative estimate of drug-likeness (QED) is 0.513. The first-order valence-corrected chi connectivity index (χ1v) is 10.2. The molecule has 3 aromatic rings. The third kappa shape index (κ3) is 6.26. The standard InChI is InChI=1S/C24H27N3O4/c1-16(2)21(24(29)31-14-18-11-7-4-8-12-18)27-22(28)20-15-30-23(26-20)19(25)13-17-9-5-3-6-10-17/h3-12,15-16,19,21H,13-14,25H2,1-2H3,(H,27,28). The molecule has 0 aliphatic rings. The number of nitrogens with zero attached hydrogens (tertiary/aromatic N) is 1. The van der Waals surface area contributed by atoms with E-state index in [9.17, 15) is 9.59 Å². The number of hydrogen-bond donors (Lipinski definition) is 2. The Hall–Kier alpha value is -3.45. The lowest BCUT2D eigenvalue weighted by Gasteiger charge is -2.20. The summed E-state index contributed by atoms with van der Waals surface area (Å²) in [5.74, 6) is -0.922. The highest BCUT2D eigenvalue weighted by Crippen LogP contribution is 2.16. The monoisotopic (exact) mass is 421 g/mol. The highest BCUT2D eigenvalue weighted by Gasteiger charge is 2.28. The van der Waals surface area contributed by atoms with Crippen molar-refractivity contribution >= 4 is 11.9 Å². The van der Waals surface area contributed by atoms with Gasteiger partial charge in [0.1, 0.15) is 18.9 Å². The number of nitrogens with one attached hydrogen (secondary N) is 1. The van der Waals surface area contributed by atoms with Gasteiger partial charge in [0.25, 0.3) is 5.91 Å². The zero-order chi connectivity index (χ0) is 22.2. The van der Waals surface area contributed by atoms with Gasteiger partial charge < -0.3 is 20.2 Å². The molecule has 2 atom stereocenters. The lowest BCUT2D eigenvalue weighted by molar-refractivity contribution is -0.148. The minimum atomic E-state index is -0.811. The molecule has 2 aromatic carbocycles. The summed E-state index contributed by atoms with van der Waals surface area (Å²) in [7, 11) is 0. The van der Waals surface area contributed by atoms with Crippen molar-refractivity contribution in [3.05, 3.63) is 89.6 Å². The van der Waals surface area contributed by atoms with Crippen molar-refractivity contribution in [3.8, 4) is 0 Å². The molecule has 162 valence electrons. The molecule has 2 unspecified atom stereocenters. The Morgan fingerprint density at radius 3 is 2.26 bits per heavy atom. The molecular formula is C24H27N3O4. The maximum atomic E-state index is 12.7. The molecule has 0 fully saturated rings. The number of ether oxygens (including phenoxy) is 1. The van der Waals surface area contributed by atoms with Crippen molar-refractivity contribution in [2.45, 2.75) is 39.0 Å². The third-order valence-electron chi connectivity index (χ3n) is 4.80. The molecule has 7 nitrogen and oxygen atoms in total. The Morgan fingerprint density at radius 2 is 1.65 bits per heavy atom. The molecule has 0 aliphatic carbocycles. The van der Waals surface area contributed by atoms with Crippen LogP contribution in [0.15, 0.2) is 71.3 Å². The molecule has 0 spiro atoms. The van der Waals surface area contributed by atoms with Crippen LogP contribution < -0.4 is 11.1 Å². The molecule has 31 heavy (non-hydrogen) atoms. The van der Waals surface area contributed by atoms with Gasteiger partial charge in [-0.3, -0.25) is 4.79 Å². The topological polar surface area (TPSA) is 107 Å². The van der Waals surface area contributed by atoms with Gasteiger partial charge in [0.2, 0.25) is 5.89 Å². The number of benzene rings is 2. The van der Waals surface area contributed by atoms with Gasteiger partial charge in [0, 0.05) is 0 Å². The summed E-state index contributed by atoms with van der Waals surface area (Å²) in [5, 5.41) is 2.69. The number of amides is 1. The molecule has 3 rings (SSSR count). The summed E-state index contributed by atoms with van der Waals surface area (Å²) in [6, 6.07) is 17.8. The maximum Gasteiger partial charge on any atom is 0.329 e. The van der Waals surface area contributed by atoms with E-state index in [4.69, 9.17) is 14.9 Å². The van der Waals surface area contributed by atoms with Crippen LogP contribution in [0.25, 0.3) is 0 Å². The summed E-state index contributed by atoms with van der Waals surface area (Å²) in [5.41, 5.74) is 8.16. The molecule has 1 heterocycles. The van der Waals surface area contributed by atoms with Crippen LogP contribution in [0.2, 0.25) is 0 Å². The summed E-state index contributed by atoms with van der Waals surface area (Å²) in [6.45, 7) is 3.80. The van der Waals surface area contributed by atoms with E-state index in [2.05, 4.69) is 10.3 Å². The maximum absolute atomic E-state index is 12.7. The van der Waals surface area contributed by atoms with E-state index in [1.54, 1.807) is 0 Å². The van der Waals surface area contributed by atoms with Crippen molar-refractivity contribution in [1.82, 2.24) is 10.3 Å². The lowest BCUT2D eigenvalue weighted by atomic mass is 10.0. The Morgan fingerprint density at radius 1 is 1.03 bits per heavy atom. The second kappa shape index (κ2) is 10.5. The SMILES string of the molecule is CC(C)C(NC(=O)c1coc(C(N)Cc2ccccc2)n1)C(=O)OCc1ccccc1. The van der Waals surface area contributed by atoms with E-state index in [1.807, 2.05) is 74.5 Å². The van der Waals surface area contributed by atoms with Crippen molar-refractivity contribution < 1.29 is 18.7 Å². The molecule has 1 amide bonds. The summed E-state index contributed by atoms with van der Waals surface area (Å²) in [6.07, 6.45) is 1.78. The highest BCUT2D eigenvalue weighted by molar-refractivity contribution is 5.95. The molecule has 7 heteroatoms. The molecule has 0 aliphatic heterocycles. The fourth-order valence-corrected chi connectivity index (χ4v) is 3.05. The van der Waals surface area contributed by atoms with Gasteiger partial charge in [-0.15, -0.1) is 0 Å². The molecule has 3 N–H and O–H groups in total. The second-order valence-electron chi connectivity index (χ2n) is 7.66. The van der Waals surface area contributed by atoms with E-state index in [1.165, 1.54) is 6.26 Å². The van der Waals surface area contributed by atoms with Crippen LogP contribution >= 0.6 is 0 Å². The van der Waals surface area contributed by atoms with Gasteiger partial charge in [-0.25, -0.2) is 9.78 Å². The van der Waals surface area contributed by atoms with E-state index in [0.29, 0.717) is 6.42 Å². The van der Waals surface area contributed by atoms with Gasteiger partial charge in [0.05, 0.1) is 6.04 Å². The number of esters is 1. The smallest absolute Gasteiger partial charge is 0.329 e. The van der Waals surface area contributed by atoms with Crippen LogP contribution in [0.3, 0.4) is 0 Å². The number of oxazole rings is 1. The molecule has 0 radical (unpaired) electrons. The molecule has 0 saturated carbocycles. The zero-order valence-corrected chi connectivity index (χ0v) is 17.7. The normalized spacial score (nSPS) is 12.9. The van der Waals surface area contributed by atoms with Crippen LogP contribution in [-0.2, 0) is 22.6 Å². The summed E-state index contributed by atoms with van der Waals surface area (Å²) < 4.78 is 10.8. The van der Waals surface area contributed by atoms with Crippen LogP contribution in [-0.4, -0.2) is 22.9 Å². The zero-order valence-electron chi connectivity index (χ0n) is 17.7. The van der Waals surface area contributed by atoms with Crippen molar-refractivity contribution in [3.63, 3.8) is 0 Å². The number of rotatable bonds is 9. The minimum Gasteiger partial charge on any atom is -0.459 e. The van der Waals surface area contributed by atoms with Crippen LogP contribution in [0, 0.1) is 5.92 Å². The Bertz CT molecular complexity index is 986. The average molecular weight is 421 g/mol. The van der Waals surface area contributed by atoms with Gasteiger partial charge in [-0.05, 0) is 23.5 Å². The minimum absolute atomic E-state index is 0.0695. The molecule has 0 saturated heterocycles. The number of aromatic nitrogens is 1. The fraction of sp³-hybridized carbons (Fsp3) is 0.292. The first-order valence-electron chi connectivity index (χ1n) is 10.2.